The van der Waals surface area contributed by atoms with Gasteiger partial charge in [0.2, 0.25) is 5.91 Å². The number of nitrogens with zero attached hydrogens (tertiary/aromatic N) is 3. The predicted octanol–water partition coefficient (Wildman–Crippen LogP) is 5.11. The second-order valence-electron chi connectivity index (χ2n) is 8.42. The minimum Gasteiger partial charge on any atom is -0.484 e. The summed E-state index contributed by atoms with van der Waals surface area (Å²) in [5.41, 5.74) is 4.41. The average Bonchev–Trinajstić information content (AvgIpc) is 3.36. The molecule has 2 aromatic heterocycles. The minimum atomic E-state index is -0.295. The molecule has 1 amide bonds. The second kappa shape index (κ2) is 9.49. The van der Waals surface area contributed by atoms with Crippen LogP contribution in [-0.2, 0) is 43.6 Å². The fourth-order valence-corrected chi connectivity index (χ4v) is 5.98. The molecule has 0 unspecified atom stereocenters. The number of fused-ring (bicyclic) bond motifs is 2. The fourth-order valence-electron chi connectivity index (χ4n) is 4.53. The third-order valence-corrected chi connectivity index (χ3v) is 7.66. The third kappa shape index (κ3) is 4.72. The molecule has 0 aliphatic heterocycles. The normalized spacial score (nSPS) is 14.8. The fraction of sp³-hybridized carbons (Fsp3) is 0.417. The summed E-state index contributed by atoms with van der Waals surface area (Å²) in [6.07, 6.45) is 8.72. The van der Waals surface area contributed by atoms with Crippen molar-refractivity contribution in [1.29, 1.82) is 5.26 Å². The number of nitrogens with one attached hydrogen (secondary N) is 1. The number of anilines is 1. The van der Waals surface area contributed by atoms with Crippen LogP contribution < -0.4 is 10.1 Å². The quantitative estimate of drug-likeness (QED) is 0.493. The van der Waals surface area contributed by atoms with Gasteiger partial charge in [-0.2, -0.15) is 5.26 Å². The summed E-state index contributed by atoms with van der Waals surface area (Å²) in [5, 5.41) is 17.4. The van der Waals surface area contributed by atoms with E-state index in [0.717, 1.165) is 49.8 Å². The summed E-state index contributed by atoms with van der Waals surface area (Å²) in [4.78, 5) is 14.0. The lowest BCUT2D eigenvalue weighted by molar-refractivity contribution is -0.116. The number of nitriles is 1. The summed E-state index contributed by atoms with van der Waals surface area (Å²) in [7, 11) is 0. The van der Waals surface area contributed by atoms with Crippen LogP contribution in [0.3, 0.4) is 0 Å². The molecule has 0 fully saturated rings. The van der Waals surface area contributed by atoms with E-state index >= 15 is 0 Å². The second-order valence-corrected chi connectivity index (χ2v) is 9.88. The van der Waals surface area contributed by atoms with Gasteiger partial charge in [0.15, 0.2) is 6.61 Å². The van der Waals surface area contributed by atoms with Gasteiger partial charge in [0.25, 0.3) is 10.7 Å². The molecule has 0 atom stereocenters. The number of aromatic nitrogens is 2. The first-order chi connectivity index (χ1) is 16.1. The van der Waals surface area contributed by atoms with Gasteiger partial charge in [-0.15, -0.1) is 16.4 Å². The molecule has 9 heteroatoms. The number of carbonyl (C=O) groups excluding carboxylic acids is 1. The van der Waals surface area contributed by atoms with E-state index in [1.54, 1.807) is 0 Å². The molecule has 33 heavy (non-hydrogen) atoms. The van der Waals surface area contributed by atoms with E-state index in [2.05, 4.69) is 28.6 Å². The van der Waals surface area contributed by atoms with Crippen molar-refractivity contribution in [2.75, 3.05) is 5.32 Å². The number of thiophene rings is 1. The van der Waals surface area contributed by atoms with Crippen LogP contribution in [0.15, 0.2) is 22.6 Å². The molecule has 2 aliphatic rings. The highest BCUT2D eigenvalue weighted by Gasteiger charge is 2.22. The van der Waals surface area contributed by atoms with Crippen LogP contribution >= 0.6 is 23.6 Å². The number of ether oxygens (including phenoxy) is 1. The molecule has 0 saturated carbocycles. The van der Waals surface area contributed by atoms with E-state index in [1.807, 2.05) is 6.07 Å². The van der Waals surface area contributed by atoms with Gasteiger partial charge in [-0.1, -0.05) is 6.07 Å². The maximum Gasteiger partial charge on any atom is 0.287 e. The molecule has 5 rings (SSSR count). The lowest BCUT2D eigenvalue weighted by atomic mass is 9.92. The number of rotatable bonds is 6. The third-order valence-electron chi connectivity index (χ3n) is 6.16. The Morgan fingerprint density at radius 1 is 1.21 bits per heavy atom. The van der Waals surface area contributed by atoms with Crippen LogP contribution in [-0.4, -0.2) is 15.7 Å². The van der Waals surface area contributed by atoms with Gasteiger partial charge in [0.05, 0.1) is 5.56 Å². The van der Waals surface area contributed by atoms with E-state index in [1.165, 1.54) is 44.9 Å². The predicted molar refractivity (Wildman–Crippen MR) is 127 cm³/mol. The first kappa shape index (κ1) is 21.9. The maximum atomic E-state index is 12.6. The molecule has 170 valence electrons. The standard InChI is InChI=1S/C24H24N4O3S2/c25-12-19-18-7-3-4-8-20(18)33-23(19)26-21(29)13-28-24(32)31-22(27-28)14-30-17-10-9-15-5-1-2-6-16(15)11-17/h9-11H,1-8,13-14H2,(H,26,29). The maximum absolute atomic E-state index is 12.6. The van der Waals surface area contributed by atoms with Crippen molar-refractivity contribution in [3.8, 4) is 11.8 Å². The largest absolute Gasteiger partial charge is 0.484 e. The van der Waals surface area contributed by atoms with Crippen molar-refractivity contribution in [3.63, 3.8) is 0 Å². The van der Waals surface area contributed by atoms with Crippen molar-refractivity contribution >= 4 is 34.5 Å². The van der Waals surface area contributed by atoms with Gasteiger partial charge in [0.1, 0.15) is 23.4 Å². The van der Waals surface area contributed by atoms with Crippen LogP contribution in [0.1, 0.15) is 58.7 Å². The van der Waals surface area contributed by atoms with Crippen LogP contribution in [0.5, 0.6) is 5.75 Å². The van der Waals surface area contributed by atoms with Crippen LogP contribution in [0.2, 0.25) is 0 Å². The van der Waals surface area contributed by atoms with Crippen LogP contribution in [0.4, 0.5) is 5.00 Å². The van der Waals surface area contributed by atoms with Crippen LogP contribution in [0, 0.1) is 16.2 Å². The number of carbonyl (C=O) groups is 1. The monoisotopic (exact) mass is 480 g/mol. The summed E-state index contributed by atoms with van der Waals surface area (Å²) in [5.74, 6) is 0.793. The Balaban J connectivity index is 1.22. The van der Waals surface area contributed by atoms with Gasteiger partial charge >= 0.3 is 0 Å². The molecule has 7 nitrogen and oxygen atoms in total. The van der Waals surface area contributed by atoms with E-state index in [-0.39, 0.29) is 23.9 Å². The van der Waals surface area contributed by atoms with Crippen molar-refractivity contribution in [2.24, 2.45) is 0 Å². The first-order valence-corrected chi connectivity index (χ1v) is 12.5. The zero-order chi connectivity index (χ0) is 22.8. The van der Waals surface area contributed by atoms with Crippen molar-refractivity contribution in [3.05, 3.63) is 56.1 Å². The number of hydrogen-bond acceptors (Lipinski definition) is 7. The highest BCUT2D eigenvalue weighted by atomic mass is 32.1. The van der Waals surface area contributed by atoms with Gasteiger partial charge in [-0.3, -0.25) is 4.79 Å². The Labute approximate surface area is 201 Å². The van der Waals surface area contributed by atoms with E-state index in [9.17, 15) is 10.1 Å². The summed E-state index contributed by atoms with van der Waals surface area (Å²) in [6.45, 7) is 0.0435. The molecule has 1 aromatic carbocycles. The van der Waals surface area contributed by atoms with Crippen molar-refractivity contribution in [2.45, 2.75) is 64.5 Å². The van der Waals surface area contributed by atoms with E-state index < -0.39 is 0 Å². The molecule has 0 spiro atoms. The topological polar surface area (TPSA) is 93.1 Å². The van der Waals surface area contributed by atoms with Crippen molar-refractivity contribution < 1.29 is 13.9 Å². The molecule has 0 radical (unpaired) electrons. The van der Waals surface area contributed by atoms with Gasteiger partial charge < -0.3 is 14.5 Å². The number of aryl methyl sites for hydroxylation is 3. The zero-order valence-electron chi connectivity index (χ0n) is 18.2. The van der Waals surface area contributed by atoms with E-state index in [0.29, 0.717) is 16.5 Å². The summed E-state index contributed by atoms with van der Waals surface area (Å²) >= 11 is 6.73. The highest BCUT2D eigenvalue weighted by Crippen LogP contribution is 2.37. The van der Waals surface area contributed by atoms with Gasteiger partial charge in [0, 0.05) is 4.88 Å². The molecule has 2 heterocycles. The minimum absolute atomic E-state index is 0.0887. The number of amides is 1. The summed E-state index contributed by atoms with van der Waals surface area (Å²) in [6, 6.07) is 8.44. The van der Waals surface area contributed by atoms with E-state index in [4.69, 9.17) is 21.4 Å². The molecule has 1 N–H and O–H groups in total. The number of benzene rings is 1. The van der Waals surface area contributed by atoms with Gasteiger partial charge in [-0.25, -0.2) is 4.68 Å². The Kier molecular flexibility index (Phi) is 6.29. The molecular weight excluding hydrogens is 456 g/mol. The summed E-state index contributed by atoms with van der Waals surface area (Å²) < 4.78 is 12.7. The molecule has 2 aliphatic carbocycles. The Morgan fingerprint density at radius 3 is 2.85 bits per heavy atom. The van der Waals surface area contributed by atoms with Crippen molar-refractivity contribution in [1.82, 2.24) is 9.78 Å². The lowest BCUT2D eigenvalue weighted by Gasteiger charge is -2.16. The first-order valence-electron chi connectivity index (χ1n) is 11.3. The Morgan fingerprint density at radius 2 is 2.00 bits per heavy atom. The SMILES string of the molecule is N#Cc1c(NC(=O)Cn2nc(COc3ccc4c(c3)CCCC4)oc2=S)sc2c1CCCC2. The molecule has 0 bridgehead atoms. The molecule has 3 aromatic rings. The molecule has 0 saturated heterocycles. The zero-order valence-corrected chi connectivity index (χ0v) is 19.8. The Bertz CT molecular complexity index is 1300. The number of hydrogen-bond donors (Lipinski definition) is 1. The van der Waals surface area contributed by atoms with Crippen LogP contribution in [0.25, 0.3) is 0 Å². The average molecular weight is 481 g/mol. The van der Waals surface area contributed by atoms with Gasteiger partial charge in [-0.05, 0) is 92.4 Å². The highest BCUT2D eigenvalue weighted by molar-refractivity contribution is 7.71. The Hall–Kier alpha value is -2.96. The molecular formula is C24H24N4O3S2. The lowest BCUT2D eigenvalue weighted by Crippen LogP contribution is -2.19. The smallest absolute Gasteiger partial charge is 0.287 e.